The molecule has 1 aromatic carbocycles. The number of hydrogen-bond donors (Lipinski definition) is 1. The monoisotopic (exact) mass is 243 g/mol. The van der Waals surface area contributed by atoms with Gasteiger partial charge in [-0.05, 0) is 19.1 Å². The van der Waals surface area contributed by atoms with Crippen molar-refractivity contribution in [2.24, 2.45) is 5.14 Å². The number of ether oxygens (including phenoxy) is 2. The first-order chi connectivity index (χ1) is 7.48. The third kappa shape index (κ3) is 2.52. The van der Waals surface area contributed by atoms with Crippen LogP contribution in [0.25, 0.3) is 0 Å². The summed E-state index contributed by atoms with van der Waals surface area (Å²) in [6.07, 6.45) is 0.137. The Kier molecular flexibility index (Phi) is 2.88. The van der Waals surface area contributed by atoms with Gasteiger partial charge in [-0.1, -0.05) is 6.07 Å². The van der Waals surface area contributed by atoms with Crippen molar-refractivity contribution < 1.29 is 17.9 Å². The molecule has 1 fully saturated rings. The Morgan fingerprint density at radius 3 is 2.81 bits per heavy atom. The van der Waals surface area contributed by atoms with Gasteiger partial charge in [-0.15, -0.1) is 0 Å². The lowest BCUT2D eigenvalue weighted by Gasteiger charge is -2.10. The van der Waals surface area contributed by atoms with E-state index in [1.165, 1.54) is 6.07 Å². The summed E-state index contributed by atoms with van der Waals surface area (Å²) in [6.45, 7) is 2.81. The molecule has 6 heteroatoms. The molecule has 0 saturated carbocycles. The lowest BCUT2D eigenvalue weighted by atomic mass is 10.2. The van der Waals surface area contributed by atoms with Crippen molar-refractivity contribution in [3.8, 4) is 5.75 Å². The molecule has 1 aliphatic rings. The summed E-state index contributed by atoms with van der Waals surface area (Å²) in [6, 6.07) is 4.79. The molecule has 0 bridgehead atoms. The molecular weight excluding hydrogens is 230 g/mol. The number of primary sulfonamides is 1. The third-order valence-corrected chi connectivity index (χ3v) is 3.42. The van der Waals surface area contributed by atoms with E-state index in [0.717, 1.165) is 0 Å². The van der Waals surface area contributed by atoms with Crippen LogP contribution < -0.4 is 9.88 Å². The van der Waals surface area contributed by atoms with Gasteiger partial charge in [0, 0.05) is 5.56 Å². The van der Waals surface area contributed by atoms with Crippen LogP contribution in [0.1, 0.15) is 5.56 Å². The Hall–Kier alpha value is -1.11. The molecule has 1 aromatic rings. The highest BCUT2D eigenvalue weighted by Gasteiger charge is 2.24. The summed E-state index contributed by atoms with van der Waals surface area (Å²) < 4.78 is 33.0. The molecule has 0 aliphatic carbocycles. The topological polar surface area (TPSA) is 81.9 Å². The second kappa shape index (κ2) is 4.04. The fourth-order valence-corrected chi connectivity index (χ4v) is 2.20. The average Bonchev–Trinajstić information content (AvgIpc) is 2.98. The molecule has 0 unspecified atom stereocenters. The van der Waals surface area contributed by atoms with E-state index in [1.807, 2.05) is 0 Å². The molecule has 0 aromatic heterocycles. The van der Waals surface area contributed by atoms with Crippen LogP contribution in [0.15, 0.2) is 23.1 Å². The zero-order valence-corrected chi connectivity index (χ0v) is 9.66. The molecule has 2 N–H and O–H groups in total. The van der Waals surface area contributed by atoms with Crippen molar-refractivity contribution in [2.45, 2.75) is 17.9 Å². The van der Waals surface area contributed by atoms with Gasteiger partial charge in [-0.2, -0.15) is 0 Å². The van der Waals surface area contributed by atoms with Gasteiger partial charge in [0.1, 0.15) is 18.5 Å². The SMILES string of the molecule is Cc1c(OC[C@@H]2CO2)cccc1S(N)(=O)=O. The maximum atomic E-state index is 11.3. The summed E-state index contributed by atoms with van der Waals surface area (Å²) in [5.74, 6) is 0.530. The van der Waals surface area contributed by atoms with Crippen LogP contribution in [0, 0.1) is 6.92 Å². The maximum absolute atomic E-state index is 11.3. The zero-order valence-electron chi connectivity index (χ0n) is 8.84. The molecule has 0 radical (unpaired) electrons. The highest BCUT2D eigenvalue weighted by atomic mass is 32.2. The van der Waals surface area contributed by atoms with Gasteiger partial charge in [-0.25, -0.2) is 13.6 Å². The Morgan fingerprint density at radius 1 is 1.56 bits per heavy atom. The second-order valence-electron chi connectivity index (χ2n) is 3.69. The summed E-state index contributed by atoms with van der Waals surface area (Å²) in [5, 5.41) is 5.09. The first-order valence-corrected chi connectivity index (χ1v) is 6.40. The highest BCUT2D eigenvalue weighted by Crippen LogP contribution is 2.25. The van der Waals surface area contributed by atoms with Gasteiger partial charge in [-0.3, -0.25) is 0 Å². The van der Waals surface area contributed by atoms with Crippen molar-refractivity contribution in [3.05, 3.63) is 23.8 Å². The number of nitrogens with two attached hydrogens (primary N) is 1. The number of benzene rings is 1. The summed E-state index contributed by atoms with van der Waals surface area (Å²) in [5.41, 5.74) is 0.533. The van der Waals surface area contributed by atoms with E-state index in [1.54, 1.807) is 19.1 Å². The molecule has 1 heterocycles. The fourth-order valence-electron chi connectivity index (χ4n) is 1.41. The van der Waals surface area contributed by atoms with Crippen molar-refractivity contribution >= 4 is 10.0 Å². The minimum Gasteiger partial charge on any atom is -0.490 e. The summed E-state index contributed by atoms with van der Waals surface area (Å²) >= 11 is 0. The largest absolute Gasteiger partial charge is 0.490 e. The maximum Gasteiger partial charge on any atom is 0.238 e. The van der Waals surface area contributed by atoms with Crippen LogP contribution in [0.3, 0.4) is 0 Å². The van der Waals surface area contributed by atoms with Gasteiger partial charge < -0.3 is 9.47 Å². The van der Waals surface area contributed by atoms with Crippen molar-refractivity contribution in [1.29, 1.82) is 0 Å². The lowest BCUT2D eigenvalue weighted by Crippen LogP contribution is -2.14. The van der Waals surface area contributed by atoms with E-state index in [0.29, 0.717) is 24.5 Å². The molecule has 88 valence electrons. The first-order valence-electron chi connectivity index (χ1n) is 4.85. The zero-order chi connectivity index (χ0) is 11.8. The average molecular weight is 243 g/mol. The van der Waals surface area contributed by atoms with Crippen molar-refractivity contribution in [2.75, 3.05) is 13.2 Å². The van der Waals surface area contributed by atoms with E-state index in [4.69, 9.17) is 14.6 Å². The molecular formula is C10H13NO4S. The number of epoxide rings is 1. The van der Waals surface area contributed by atoms with Crippen molar-refractivity contribution in [3.63, 3.8) is 0 Å². The van der Waals surface area contributed by atoms with Crippen LogP contribution in [0.4, 0.5) is 0 Å². The van der Waals surface area contributed by atoms with Gasteiger partial charge in [0.15, 0.2) is 0 Å². The summed E-state index contributed by atoms with van der Waals surface area (Å²) in [7, 11) is -3.69. The lowest BCUT2D eigenvalue weighted by molar-refractivity contribution is 0.261. The van der Waals surface area contributed by atoms with Crippen LogP contribution in [-0.2, 0) is 14.8 Å². The van der Waals surface area contributed by atoms with E-state index in [2.05, 4.69) is 0 Å². The van der Waals surface area contributed by atoms with Crippen LogP contribution in [-0.4, -0.2) is 27.7 Å². The van der Waals surface area contributed by atoms with E-state index in [9.17, 15) is 8.42 Å². The Bertz CT molecular complexity index is 494. The molecule has 0 amide bonds. The number of sulfonamides is 1. The van der Waals surface area contributed by atoms with Gasteiger partial charge in [0.05, 0.1) is 11.5 Å². The predicted octanol–water partition coefficient (Wildman–Crippen LogP) is 0.420. The molecule has 0 spiro atoms. The Morgan fingerprint density at radius 2 is 2.25 bits per heavy atom. The minimum absolute atomic E-state index is 0.0988. The van der Waals surface area contributed by atoms with Gasteiger partial charge >= 0.3 is 0 Å². The van der Waals surface area contributed by atoms with Crippen LogP contribution in [0.5, 0.6) is 5.75 Å². The molecule has 1 atom stereocenters. The molecule has 1 aliphatic heterocycles. The quantitative estimate of drug-likeness (QED) is 0.777. The fraction of sp³-hybridized carbons (Fsp3) is 0.400. The number of hydrogen-bond acceptors (Lipinski definition) is 4. The Balaban J connectivity index is 2.24. The standard InChI is InChI=1S/C10H13NO4S/c1-7-9(15-6-8-5-14-8)3-2-4-10(7)16(11,12)13/h2-4,8H,5-6H2,1H3,(H2,11,12,13)/t8-/m0/s1. The molecule has 2 rings (SSSR count). The molecule has 16 heavy (non-hydrogen) atoms. The second-order valence-corrected chi connectivity index (χ2v) is 5.22. The van der Waals surface area contributed by atoms with Crippen LogP contribution in [0.2, 0.25) is 0 Å². The number of rotatable bonds is 4. The van der Waals surface area contributed by atoms with E-state index >= 15 is 0 Å². The van der Waals surface area contributed by atoms with Crippen LogP contribution >= 0.6 is 0 Å². The summed E-state index contributed by atoms with van der Waals surface area (Å²) in [4.78, 5) is 0.0988. The van der Waals surface area contributed by atoms with E-state index in [-0.39, 0.29) is 11.0 Å². The smallest absolute Gasteiger partial charge is 0.238 e. The van der Waals surface area contributed by atoms with E-state index < -0.39 is 10.0 Å². The highest BCUT2D eigenvalue weighted by molar-refractivity contribution is 7.89. The predicted molar refractivity (Wildman–Crippen MR) is 57.8 cm³/mol. The first kappa shape index (κ1) is 11.4. The van der Waals surface area contributed by atoms with Crippen molar-refractivity contribution in [1.82, 2.24) is 0 Å². The molecule has 1 saturated heterocycles. The minimum atomic E-state index is -3.69. The normalized spacial score (nSPS) is 19.5. The Labute approximate surface area is 94.2 Å². The van der Waals surface area contributed by atoms with Gasteiger partial charge in [0.25, 0.3) is 0 Å². The van der Waals surface area contributed by atoms with Gasteiger partial charge in [0.2, 0.25) is 10.0 Å². The molecule has 5 nitrogen and oxygen atoms in total. The third-order valence-electron chi connectivity index (χ3n) is 2.37.